The Morgan fingerprint density at radius 3 is 2.64 bits per heavy atom. The number of nitrogens with one attached hydrogen (secondary N) is 2. The molecule has 0 bridgehead atoms. The van der Waals surface area contributed by atoms with Gasteiger partial charge < -0.3 is 9.97 Å². The number of benzene rings is 2. The predicted octanol–water partition coefficient (Wildman–Crippen LogP) is 3.89. The van der Waals surface area contributed by atoms with Crippen molar-refractivity contribution < 1.29 is 4.79 Å². The van der Waals surface area contributed by atoms with Crippen molar-refractivity contribution in [3.8, 4) is 0 Å². The van der Waals surface area contributed by atoms with Crippen molar-refractivity contribution >= 4 is 27.6 Å². The van der Waals surface area contributed by atoms with E-state index < -0.39 is 0 Å². The summed E-state index contributed by atoms with van der Waals surface area (Å²) >= 11 is 0. The zero-order valence-corrected chi connectivity index (χ0v) is 13.9. The molecular formula is C21H19N3O. The second-order valence-electron chi connectivity index (χ2n) is 6.76. The maximum absolute atomic E-state index is 12.8. The Bertz CT molecular complexity index is 1090. The van der Waals surface area contributed by atoms with E-state index in [4.69, 9.17) is 0 Å². The molecule has 2 N–H and O–H groups in total. The van der Waals surface area contributed by atoms with E-state index in [1.54, 1.807) is 0 Å². The molecule has 3 heterocycles. The third kappa shape index (κ3) is 2.37. The topological polar surface area (TPSA) is 51.9 Å². The minimum atomic E-state index is 0.181. The van der Waals surface area contributed by atoms with Gasteiger partial charge in [-0.1, -0.05) is 36.4 Å². The van der Waals surface area contributed by atoms with Crippen LogP contribution in [-0.2, 0) is 13.0 Å². The lowest BCUT2D eigenvalue weighted by molar-refractivity contribution is 0.0923. The molecule has 0 saturated carbocycles. The number of carbonyl (C=O) groups excluding carboxylic acids is 1. The number of rotatable bonds is 3. The minimum absolute atomic E-state index is 0.181. The average Bonchev–Trinajstić information content (AvgIpc) is 3.23. The fourth-order valence-corrected chi connectivity index (χ4v) is 3.95. The van der Waals surface area contributed by atoms with E-state index in [2.05, 4.69) is 39.1 Å². The molecule has 2 aromatic heterocycles. The molecular weight excluding hydrogens is 310 g/mol. The Balaban J connectivity index is 1.41. The molecule has 5 rings (SSSR count). The zero-order valence-electron chi connectivity index (χ0n) is 13.9. The second-order valence-corrected chi connectivity index (χ2v) is 6.76. The lowest BCUT2D eigenvalue weighted by atomic mass is 10.0. The molecule has 0 radical (unpaired) electrons. The van der Waals surface area contributed by atoms with Crippen LogP contribution in [0.5, 0.6) is 0 Å². The molecule has 1 aliphatic rings. The summed E-state index contributed by atoms with van der Waals surface area (Å²) in [7, 11) is 0. The normalized spacial score (nSPS) is 14.9. The quantitative estimate of drug-likeness (QED) is 0.560. The fourth-order valence-electron chi connectivity index (χ4n) is 3.95. The summed E-state index contributed by atoms with van der Waals surface area (Å²) in [5.41, 5.74) is 5.66. The first-order chi connectivity index (χ1) is 12.3. The standard InChI is InChI=1S/C21H19N3O/c25-21(16-11-22-18-7-3-1-5-14(16)18)13-24-10-9-20-17(12-24)15-6-2-4-8-19(15)23-20/h1-8,11,22-23H,9-10,12-13H2. The van der Waals surface area contributed by atoms with Gasteiger partial charge in [-0.15, -0.1) is 0 Å². The summed E-state index contributed by atoms with van der Waals surface area (Å²) in [6.07, 6.45) is 2.80. The third-order valence-corrected chi connectivity index (χ3v) is 5.22. The molecule has 25 heavy (non-hydrogen) atoms. The molecule has 4 nitrogen and oxygen atoms in total. The molecule has 124 valence electrons. The predicted molar refractivity (Wildman–Crippen MR) is 99.9 cm³/mol. The van der Waals surface area contributed by atoms with E-state index in [0.717, 1.165) is 36.0 Å². The highest BCUT2D eigenvalue weighted by Gasteiger charge is 2.23. The molecule has 4 heteroatoms. The van der Waals surface area contributed by atoms with Gasteiger partial charge in [-0.3, -0.25) is 9.69 Å². The molecule has 0 spiro atoms. The van der Waals surface area contributed by atoms with Crippen molar-refractivity contribution in [2.24, 2.45) is 0 Å². The van der Waals surface area contributed by atoms with E-state index in [0.29, 0.717) is 6.54 Å². The third-order valence-electron chi connectivity index (χ3n) is 5.22. The number of aromatic nitrogens is 2. The second kappa shape index (κ2) is 5.60. The summed E-state index contributed by atoms with van der Waals surface area (Å²) in [6, 6.07) is 16.4. The zero-order chi connectivity index (χ0) is 16.8. The Morgan fingerprint density at radius 2 is 1.76 bits per heavy atom. The Hall–Kier alpha value is -2.85. The SMILES string of the molecule is O=C(CN1CCc2[nH]c3ccccc3c2C1)c1c[nH]c2ccccc12. The Labute approximate surface area is 145 Å². The number of fused-ring (bicyclic) bond motifs is 4. The van der Waals surface area contributed by atoms with Gasteiger partial charge in [-0.2, -0.15) is 0 Å². The van der Waals surface area contributed by atoms with Crippen LogP contribution in [-0.4, -0.2) is 33.7 Å². The van der Waals surface area contributed by atoms with E-state index >= 15 is 0 Å². The van der Waals surface area contributed by atoms with Crippen LogP contribution < -0.4 is 0 Å². The highest BCUT2D eigenvalue weighted by Crippen LogP contribution is 2.28. The molecule has 0 aliphatic carbocycles. The number of ketones is 1. The van der Waals surface area contributed by atoms with Crippen LogP contribution in [0.15, 0.2) is 54.7 Å². The first kappa shape index (κ1) is 14.5. The van der Waals surface area contributed by atoms with E-state index in [1.165, 1.54) is 22.2 Å². The van der Waals surface area contributed by atoms with Crippen LogP contribution in [0.4, 0.5) is 0 Å². The highest BCUT2D eigenvalue weighted by atomic mass is 16.1. The van der Waals surface area contributed by atoms with Gasteiger partial charge in [0.1, 0.15) is 0 Å². The number of aromatic amines is 2. The van der Waals surface area contributed by atoms with Crippen molar-refractivity contribution in [2.75, 3.05) is 13.1 Å². The van der Waals surface area contributed by atoms with Gasteiger partial charge in [0, 0.05) is 58.8 Å². The number of hydrogen-bond acceptors (Lipinski definition) is 2. The average molecular weight is 329 g/mol. The number of H-pyrrole nitrogens is 2. The summed E-state index contributed by atoms with van der Waals surface area (Å²) in [6.45, 7) is 2.20. The van der Waals surface area contributed by atoms with Gasteiger partial charge in [0.25, 0.3) is 0 Å². The Kier molecular flexibility index (Phi) is 3.25. The van der Waals surface area contributed by atoms with Crippen LogP contribution in [0.1, 0.15) is 21.6 Å². The van der Waals surface area contributed by atoms with Crippen molar-refractivity contribution in [1.29, 1.82) is 0 Å². The molecule has 0 saturated heterocycles. The fraction of sp³-hybridized carbons (Fsp3) is 0.190. The van der Waals surface area contributed by atoms with E-state index in [9.17, 15) is 4.79 Å². The number of Topliss-reactive ketones (excluding diaryl/α,β-unsaturated/α-hetero) is 1. The van der Waals surface area contributed by atoms with Gasteiger partial charge in [-0.05, 0) is 17.7 Å². The van der Waals surface area contributed by atoms with Crippen molar-refractivity contribution in [3.05, 3.63) is 71.5 Å². The van der Waals surface area contributed by atoms with Gasteiger partial charge in [-0.25, -0.2) is 0 Å². The van der Waals surface area contributed by atoms with Crippen LogP contribution in [0.2, 0.25) is 0 Å². The van der Waals surface area contributed by atoms with Crippen molar-refractivity contribution in [1.82, 2.24) is 14.9 Å². The monoisotopic (exact) mass is 329 g/mol. The molecule has 0 unspecified atom stereocenters. The van der Waals surface area contributed by atoms with Crippen LogP contribution in [0.25, 0.3) is 21.8 Å². The van der Waals surface area contributed by atoms with Crippen molar-refractivity contribution in [3.63, 3.8) is 0 Å². The maximum atomic E-state index is 12.8. The largest absolute Gasteiger partial charge is 0.360 e. The summed E-state index contributed by atoms with van der Waals surface area (Å²) in [4.78, 5) is 21.8. The molecule has 2 aromatic carbocycles. The molecule has 0 fully saturated rings. The molecule has 0 atom stereocenters. The van der Waals surface area contributed by atoms with Gasteiger partial charge in [0.15, 0.2) is 5.78 Å². The minimum Gasteiger partial charge on any atom is -0.360 e. The van der Waals surface area contributed by atoms with Gasteiger partial charge >= 0.3 is 0 Å². The molecule has 1 aliphatic heterocycles. The van der Waals surface area contributed by atoms with E-state index in [-0.39, 0.29) is 5.78 Å². The number of hydrogen-bond donors (Lipinski definition) is 2. The first-order valence-corrected chi connectivity index (χ1v) is 8.70. The van der Waals surface area contributed by atoms with Gasteiger partial charge in [0.05, 0.1) is 6.54 Å². The summed E-state index contributed by atoms with van der Waals surface area (Å²) in [5, 5.41) is 2.29. The van der Waals surface area contributed by atoms with Crippen molar-refractivity contribution in [2.45, 2.75) is 13.0 Å². The first-order valence-electron chi connectivity index (χ1n) is 8.70. The smallest absolute Gasteiger partial charge is 0.178 e. The maximum Gasteiger partial charge on any atom is 0.178 e. The summed E-state index contributed by atoms with van der Waals surface area (Å²) < 4.78 is 0. The lowest BCUT2D eigenvalue weighted by Gasteiger charge is -2.26. The number of carbonyl (C=O) groups is 1. The Morgan fingerprint density at radius 1 is 1.00 bits per heavy atom. The van der Waals surface area contributed by atoms with Crippen LogP contribution >= 0.6 is 0 Å². The summed E-state index contributed by atoms with van der Waals surface area (Å²) in [5.74, 6) is 0.181. The molecule has 0 amide bonds. The number of nitrogens with zero attached hydrogens (tertiary/aromatic N) is 1. The lowest BCUT2D eigenvalue weighted by Crippen LogP contribution is -2.34. The van der Waals surface area contributed by atoms with Crippen LogP contribution in [0.3, 0.4) is 0 Å². The van der Waals surface area contributed by atoms with E-state index in [1.807, 2.05) is 30.5 Å². The molecule has 4 aromatic rings. The van der Waals surface area contributed by atoms with Crippen LogP contribution in [0, 0.1) is 0 Å². The highest BCUT2D eigenvalue weighted by molar-refractivity contribution is 6.08. The number of para-hydroxylation sites is 2. The van der Waals surface area contributed by atoms with Gasteiger partial charge in [0.2, 0.25) is 0 Å².